The highest BCUT2D eigenvalue weighted by molar-refractivity contribution is 5.41. The Kier molecular flexibility index (Phi) is 4.30. The molecule has 0 radical (unpaired) electrons. The van der Waals surface area contributed by atoms with Crippen molar-refractivity contribution in [2.45, 2.75) is 85.2 Å². The van der Waals surface area contributed by atoms with E-state index in [4.69, 9.17) is 0 Å². The lowest BCUT2D eigenvalue weighted by molar-refractivity contribution is -0.0288. The average molecular weight is 341 g/mol. The first kappa shape index (κ1) is 17.6. The molecule has 138 valence electrons. The van der Waals surface area contributed by atoms with Gasteiger partial charge in [-0.15, -0.1) is 0 Å². The summed E-state index contributed by atoms with van der Waals surface area (Å²) < 4.78 is 0. The van der Waals surface area contributed by atoms with Crippen LogP contribution in [0.3, 0.4) is 0 Å². The quantitative estimate of drug-likeness (QED) is 0.593. The van der Waals surface area contributed by atoms with E-state index in [9.17, 15) is 5.11 Å². The summed E-state index contributed by atoms with van der Waals surface area (Å²) in [7, 11) is 0. The van der Waals surface area contributed by atoms with Gasteiger partial charge in [-0.2, -0.15) is 0 Å². The topological polar surface area (TPSA) is 20.2 Å². The molecule has 0 bridgehead atoms. The highest BCUT2D eigenvalue weighted by Crippen LogP contribution is 2.65. The number of aliphatic hydroxyl groups is 1. The lowest BCUT2D eigenvalue weighted by Crippen LogP contribution is -2.50. The van der Waals surface area contributed by atoms with E-state index in [-0.39, 0.29) is 6.10 Å². The minimum atomic E-state index is -0.0914. The normalized spacial score (nSPS) is 46.7. The highest BCUT2D eigenvalue weighted by Gasteiger charge is 2.56. The molecule has 0 aliphatic heterocycles. The van der Waals surface area contributed by atoms with Gasteiger partial charge < -0.3 is 5.11 Å². The van der Waals surface area contributed by atoms with Gasteiger partial charge in [0, 0.05) is 0 Å². The predicted octanol–water partition coefficient (Wildman–Crippen LogP) is 6.20. The van der Waals surface area contributed by atoms with E-state index in [0.717, 1.165) is 37.0 Å². The molecule has 0 heterocycles. The Bertz CT molecular complexity index is 638. The summed E-state index contributed by atoms with van der Waals surface area (Å²) in [6, 6.07) is 0. The average Bonchev–Trinajstić information content (AvgIpc) is 2.93. The number of allylic oxidation sites excluding steroid dienone is 5. The second-order valence-corrected chi connectivity index (χ2v) is 9.76. The first-order valence-corrected chi connectivity index (χ1v) is 10.7. The van der Waals surface area contributed by atoms with E-state index in [2.05, 4.69) is 45.9 Å². The zero-order valence-corrected chi connectivity index (χ0v) is 16.6. The Balaban J connectivity index is 1.64. The monoisotopic (exact) mass is 340 g/mol. The van der Waals surface area contributed by atoms with Gasteiger partial charge in [0.1, 0.15) is 0 Å². The van der Waals surface area contributed by atoms with Crippen LogP contribution in [0.4, 0.5) is 0 Å². The van der Waals surface area contributed by atoms with E-state index in [0.29, 0.717) is 10.8 Å². The molecule has 0 aromatic heterocycles. The number of hydrogen-bond donors (Lipinski definition) is 1. The van der Waals surface area contributed by atoms with Crippen LogP contribution in [0.25, 0.3) is 0 Å². The van der Waals surface area contributed by atoms with E-state index >= 15 is 0 Å². The number of rotatable bonds is 2. The van der Waals surface area contributed by atoms with Crippen molar-refractivity contribution in [3.05, 3.63) is 34.9 Å². The molecular formula is C24H36O. The van der Waals surface area contributed by atoms with Crippen molar-refractivity contribution < 1.29 is 5.11 Å². The van der Waals surface area contributed by atoms with Crippen LogP contribution in [0.1, 0.15) is 79.1 Å². The molecule has 1 nitrogen and oxygen atoms in total. The highest BCUT2D eigenvalue weighted by atomic mass is 16.3. The Morgan fingerprint density at radius 3 is 2.64 bits per heavy atom. The van der Waals surface area contributed by atoms with Crippen LogP contribution in [-0.4, -0.2) is 11.2 Å². The van der Waals surface area contributed by atoms with Crippen molar-refractivity contribution in [2.24, 2.45) is 28.6 Å². The van der Waals surface area contributed by atoms with Gasteiger partial charge in [-0.05, 0) is 92.4 Å². The van der Waals surface area contributed by atoms with Crippen molar-refractivity contribution in [3.63, 3.8) is 0 Å². The van der Waals surface area contributed by atoms with Crippen molar-refractivity contribution in [2.75, 3.05) is 0 Å². The van der Waals surface area contributed by atoms with Gasteiger partial charge >= 0.3 is 0 Å². The van der Waals surface area contributed by atoms with Gasteiger partial charge in [0.15, 0.2) is 0 Å². The van der Waals surface area contributed by atoms with Crippen LogP contribution in [0.15, 0.2) is 34.9 Å². The maximum absolute atomic E-state index is 10.1. The second-order valence-electron chi connectivity index (χ2n) is 9.76. The maximum atomic E-state index is 10.1. The summed E-state index contributed by atoms with van der Waals surface area (Å²) in [5.74, 6) is 2.50. The third-order valence-corrected chi connectivity index (χ3v) is 8.59. The van der Waals surface area contributed by atoms with Crippen LogP contribution >= 0.6 is 0 Å². The van der Waals surface area contributed by atoms with E-state index in [1.54, 1.807) is 11.1 Å². The smallest absolute Gasteiger partial charge is 0.0577 e. The standard InChI is InChI=1S/C24H36O/c1-5-6-16(2)20-9-10-21-19-8-7-17-15-18(25)11-13-23(17,3)22(19)12-14-24(20,21)4/h6-7,9,18-19,21-22,25H,5,8,10-15H2,1-4H3/b16-6-/t18-,19-,21-,22-,23-,24+/m0/s1. The lowest BCUT2D eigenvalue weighted by Gasteiger charge is -2.57. The van der Waals surface area contributed by atoms with Crippen LogP contribution in [-0.2, 0) is 0 Å². The minimum absolute atomic E-state index is 0.0914. The van der Waals surface area contributed by atoms with E-state index < -0.39 is 0 Å². The van der Waals surface area contributed by atoms with Crippen LogP contribution in [0.5, 0.6) is 0 Å². The van der Waals surface area contributed by atoms with Gasteiger partial charge in [0.2, 0.25) is 0 Å². The van der Waals surface area contributed by atoms with Gasteiger partial charge in [0.05, 0.1) is 6.10 Å². The first-order chi connectivity index (χ1) is 11.9. The summed E-state index contributed by atoms with van der Waals surface area (Å²) in [6.45, 7) is 9.67. The van der Waals surface area contributed by atoms with E-state index in [1.807, 2.05) is 0 Å². The predicted molar refractivity (Wildman–Crippen MR) is 105 cm³/mol. The maximum Gasteiger partial charge on any atom is 0.0577 e. The zero-order chi connectivity index (χ0) is 17.8. The largest absolute Gasteiger partial charge is 0.393 e. The molecule has 2 fully saturated rings. The second kappa shape index (κ2) is 6.12. The van der Waals surface area contributed by atoms with E-state index in [1.165, 1.54) is 37.7 Å². The van der Waals surface area contributed by atoms with Gasteiger partial charge in [-0.1, -0.05) is 50.1 Å². The van der Waals surface area contributed by atoms with Crippen molar-refractivity contribution >= 4 is 0 Å². The Morgan fingerprint density at radius 1 is 1.12 bits per heavy atom. The van der Waals surface area contributed by atoms with Crippen molar-refractivity contribution in [1.82, 2.24) is 0 Å². The molecule has 0 amide bonds. The zero-order valence-electron chi connectivity index (χ0n) is 16.6. The van der Waals surface area contributed by atoms with Gasteiger partial charge in [-0.25, -0.2) is 0 Å². The summed E-state index contributed by atoms with van der Waals surface area (Å²) in [5.41, 5.74) is 5.54. The molecule has 0 saturated heterocycles. The Morgan fingerprint density at radius 2 is 1.88 bits per heavy atom. The third-order valence-electron chi connectivity index (χ3n) is 8.59. The summed E-state index contributed by atoms with van der Waals surface area (Å²) in [4.78, 5) is 0. The fraction of sp³-hybridized carbons (Fsp3) is 0.750. The van der Waals surface area contributed by atoms with Crippen molar-refractivity contribution in [1.29, 1.82) is 0 Å². The molecule has 0 aromatic rings. The molecule has 1 N–H and O–H groups in total. The number of hydrogen-bond acceptors (Lipinski definition) is 1. The minimum Gasteiger partial charge on any atom is -0.393 e. The summed E-state index contributed by atoms with van der Waals surface area (Å²) in [5, 5.41) is 10.1. The molecule has 4 aliphatic rings. The summed E-state index contributed by atoms with van der Waals surface area (Å²) >= 11 is 0. The van der Waals surface area contributed by atoms with Crippen LogP contribution in [0, 0.1) is 28.6 Å². The third kappa shape index (κ3) is 2.52. The number of aliphatic hydroxyl groups excluding tert-OH is 1. The molecule has 0 aromatic carbocycles. The fourth-order valence-corrected chi connectivity index (χ4v) is 7.24. The summed E-state index contributed by atoms with van der Waals surface area (Å²) in [6.07, 6.45) is 17.0. The molecular weight excluding hydrogens is 304 g/mol. The van der Waals surface area contributed by atoms with Gasteiger partial charge in [-0.3, -0.25) is 0 Å². The lowest BCUT2D eigenvalue weighted by atomic mass is 9.47. The molecule has 1 heteroatoms. The first-order valence-electron chi connectivity index (χ1n) is 10.7. The molecule has 4 rings (SSSR count). The Hall–Kier alpha value is -0.820. The SMILES string of the molecule is CC/C=C(/C)C1=CC[C@H]2[C@@H]3CC=C4C[C@@H](O)CC[C@]4(C)[C@H]3CC[C@]12C. The fourth-order valence-electron chi connectivity index (χ4n) is 7.24. The van der Waals surface area contributed by atoms with Crippen LogP contribution in [0.2, 0.25) is 0 Å². The van der Waals surface area contributed by atoms with Gasteiger partial charge in [0.25, 0.3) is 0 Å². The Labute approximate surface area is 154 Å². The molecule has 4 aliphatic carbocycles. The molecule has 2 saturated carbocycles. The molecule has 6 atom stereocenters. The number of fused-ring (bicyclic) bond motifs is 5. The van der Waals surface area contributed by atoms with Crippen molar-refractivity contribution in [3.8, 4) is 0 Å². The molecule has 0 spiro atoms. The molecule has 25 heavy (non-hydrogen) atoms. The molecule has 0 unspecified atom stereocenters. The van der Waals surface area contributed by atoms with Crippen LogP contribution < -0.4 is 0 Å².